The van der Waals surface area contributed by atoms with Crippen molar-refractivity contribution in [1.29, 1.82) is 5.26 Å². The Bertz CT molecular complexity index is 454. The van der Waals surface area contributed by atoms with Gasteiger partial charge in [0.1, 0.15) is 5.69 Å². The van der Waals surface area contributed by atoms with Crippen molar-refractivity contribution >= 4 is 11.4 Å². The normalized spacial score (nSPS) is 9.78. The molecule has 0 aromatic heterocycles. The van der Waals surface area contributed by atoms with Crippen LogP contribution in [0, 0.1) is 21.4 Å². The minimum Gasteiger partial charge on any atom is -0.396 e. The van der Waals surface area contributed by atoms with E-state index >= 15 is 0 Å². The fourth-order valence-electron chi connectivity index (χ4n) is 1.54. The fourth-order valence-corrected chi connectivity index (χ4v) is 1.54. The molecule has 0 aliphatic rings. The number of rotatable bonds is 7. The third kappa shape index (κ3) is 4.03. The van der Waals surface area contributed by atoms with Crippen LogP contribution in [0.3, 0.4) is 0 Å². The van der Waals surface area contributed by atoms with Gasteiger partial charge in [-0.1, -0.05) is 0 Å². The fraction of sp³-hybridized carbons (Fsp3) is 0.417. The molecule has 0 saturated heterocycles. The van der Waals surface area contributed by atoms with Crippen LogP contribution in [0.2, 0.25) is 0 Å². The lowest BCUT2D eigenvalue weighted by molar-refractivity contribution is -0.384. The van der Waals surface area contributed by atoms with Crippen molar-refractivity contribution in [1.82, 2.24) is 0 Å². The van der Waals surface area contributed by atoms with E-state index in [1.165, 1.54) is 18.2 Å². The number of aliphatic hydroxyl groups excluding tert-OH is 1. The molecule has 6 heteroatoms. The van der Waals surface area contributed by atoms with Gasteiger partial charge in [-0.2, -0.15) is 5.26 Å². The van der Waals surface area contributed by atoms with E-state index in [9.17, 15) is 10.1 Å². The standard InChI is InChI=1S/C12H15N3O3/c13-9-10-4-5-12(15(17)18)11(8-10)14-6-2-1-3-7-16/h4-5,8,14,16H,1-3,6-7H2. The summed E-state index contributed by atoms with van der Waals surface area (Å²) in [4.78, 5) is 10.3. The minimum absolute atomic E-state index is 0.0313. The number of hydrogen-bond acceptors (Lipinski definition) is 5. The largest absolute Gasteiger partial charge is 0.396 e. The molecule has 0 bridgehead atoms. The van der Waals surface area contributed by atoms with Crippen molar-refractivity contribution in [3.63, 3.8) is 0 Å². The molecule has 0 aliphatic carbocycles. The second-order valence-electron chi connectivity index (χ2n) is 3.81. The molecule has 0 unspecified atom stereocenters. The third-order valence-corrected chi connectivity index (χ3v) is 2.47. The highest BCUT2D eigenvalue weighted by Crippen LogP contribution is 2.25. The molecule has 0 fully saturated rings. The number of nitro benzene ring substituents is 1. The van der Waals surface area contributed by atoms with Crippen molar-refractivity contribution in [3.05, 3.63) is 33.9 Å². The zero-order valence-electron chi connectivity index (χ0n) is 9.93. The molecular weight excluding hydrogens is 234 g/mol. The summed E-state index contributed by atoms with van der Waals surface area (Å²) in [5, 5.41) is 31.1. The first-order valence-corrected chi connectivity index (χ1v) is 5.72. The zero-order valence-corrected chi connectivity index (χ0v) is 9.93. The quantitative estimate of drug-likeness (QED) is 0.437. The lowest BCUT2D eigenvalue weighted by Crippen LogP contribution is -2.05. The summed E-state index contributed by atoms with van der Waals surface area (Å²) in [7, 11) is 0. The van der Waals surface area contributed by atoms with Crippen LogP contribution in [0.1, 0.15) is 24.8 Å². The van der Waals surface area contributed by atoms with Crippen LogP contribution in [0.5, 0.6) is 0 Å². The highest BCUT2D eigenvalue weighted by atomic mass is 16.6. The highest BCUT2D eigenvalue weighted by molar-refractivity contribution is 5.64. The third-order valence-electron chi connectivity index (χ3n) is 2.47. The Morgan fingerprint density at radius 1 is 1.39 bits per heavy atom. The first-order chi connectivity index (χ1) is 8.69. The molecule has 1 aromatic carbocycles. The molecule has 0 spiro atoms. The van der Waals surface area contributed by atoms with Crippen LogP contribution in [0.15, 0.2) is 18.2 Å². The molecule has 0 saturated carbocycles. The Morgan fingerprint density at radius 2 is 2.17 bits per heavy atom. The van der Waals surface area contributed by atoms with E-state index < -0.39 is 4.92 Å². The van der Waals surface area contributed by atoms with Gasteiger partial charge in [0.2, 0.25) is 0 Å². The lowest BCUT2D eigenvalue weighted by atomic mass is 10.2. The van der Waals surface area contributed by atoms with E-state index in [-0.39, 0.29) is 12.3 Å². The summed E-state index contributed by atoms with van der Waals surface area (Å²) in [6.07, 6.45) is 2.39. The van der Waals surface area contributed by atoms with Crippen LogP contribution in [-0.4, -0.2) is 23.2 Å². The van der Waals surface area contributed by atoms with E-state index in [0.29, 0.717) is 17.8 Å². The number of hydrogen-bond donors (Lipinski definition) is 2. The SMILES string of the molecule is N#Cc1ccc([N+](=O)[O-])c(NCCCCCO)c1. The van der Waals surface area contributed by atoms with Gasteiger partial charge in [-0.25, -0.2) is 0 Å². The van der Waals surface area contributed by atoms with E-state index in [2.05, 4.69) is 5.32 Å². The molecule has 2 N–H and O–H groups in total. The molecule has 0 amide bonds. The van der Waals surface area contributed by atoms with Crippen molar-refractivity contribution in [2.75, 3.05) is 18.5 Å². The number of benzene rings is 1. The van der Waals surface area contributed by atoms with Crippen LogP contribution in [0.25, 0.3) is 0 Å². The van der Waals surface area contributed by atoms with Crippen LogP contribution >= 0.6 is 0 Å². The summed E-state index contributed by atoms with van der Waals surface area (Å²) >= 11 is 0. The Hall–Kier alpha value is -2.13. The maximum Gasteiger partial charge on any atom is 0.292 e. The molecule has 0 radical (unpaired) electrons. The summed E-state index contributed by atoms with van der Waals surface area (Å²) in [6, 6.07) is 6.18. The van der Waals surface area contributed by atoms with Crippen LogP contribution in [-0.2, 0) is 0 Å². The second-order valence-corrected chi connectivity index (χ2v) is 3.81. The van der Waals surface area contributed by atoms with Crippen molar-refractivity contribution in [2.45, 2.75) is 19.3 Å². The Morgan fingerprint density at radius 3 is 2.78 bits per heavy atom. The maximum absolute atomic E-state index is 10.8. The van der Waals surface area contributed by atoms with Gasteiger partial charge in [0, 0.05) is 19.2 Å². The number of nitriles is 1. The summed E-state index contributed by atoms with van der Waals surface area (Å²) in [6.45, 7) is 0.736. The molecular formula is C12H15N3O3. The van der Waals surface area contributed by atoms with Gasteiger partial charge >= 0.3 is 0 Å². The van der Waals surface area contributed by atoms with Gasteiger partial charge in [0.25, 0.3) is 5.69 Å². The minimum atomic E-state index is -0.475. The number of nitro groups is 1. The summed E-state index contributed by atoms with van der Waals surface area (Å²) < 4.78 is 0. The molecule has 1 aromatic rings. The number of nitrogens with one attached hydrogen (secondary N) is 1. The molecule has 0 aliphatic heterocycles. The van der Waals surface area contributed by atoms with Crippen molar-refractivity contribution < 1.29 is 10.0 Å². The molecule has 96 valence electrons. The Balaban J connectivity index is 2.67. The van der Waals surface area contributed by atoms with E-state index in [1.54, 1.807) is 0 Å². The monoisotopic (exact) mass is 249 g/mol. The average molecular weight is 249 g/mol. The van der Waals surface area contributed by atoms with Crippen LogP contribution in [0.4, 0.5) is 11.4 Å². The number of nitrogens with zero attached hydrogens (tertiary/aromatic N) is 2. The predicted octanol–water partition coefficient (Wildman–Crippen LogP) is 2.04. The smallest absolute Gasteiger partial charge is 0.292 e. The predicted molar refractivity (Wildman–Crippen MR) is 67.2 cm³/mol. The van der Waals surface area contributed by atoms with Gasteiger partial charge in [-0.3, -0.25) is 10.1 Å². The number of aliphatic hydroxyl groups is 1. The van der Waals surface area contributed by atoms with Gasteiger partial charge in [0.05, 0.1) is 16.6 Å². The van der Waals surface area contributed by atoms with Gasteiger partial charge in [-0.05, 0) is 31.4 Å². The average Bonchev–Trinajstić information content (AvgIpc) is 2.38. The number of anilines is 1. The maximum atomic E-state index is 10.8. The second kappa shape index (κ2) is 7.25. The topological polar surface area (TPSA) is 99.2 Å². The Labute approximate surface area is 105 Å². The van der Waals surface area contributed by atoms with E-state index in [1.807, 2.05) is 6.07 Å². The Kier molecular flexibility index (Phi) is 5.61. The van der Waals surface area contributed by atoms with Gasteiger partial charge < -0.3 is 10.4 Å². The first kappa shape index (κ1) is 13.9. The van der Waals surface area contributed by atoms with Gasteiger partial charge in [0.15, 0.2) is 0 Å². The zero-order chi connectivity index (χ0) is 13.4. The molecule has 1 rings (SSSR count). The van der Waals surface area contributed by atoms with Gasteiger partial charge in [-0.15, -0.1) is 0 Å². The molecule has 0 atom stereocenters. The highest BCUT2D eigenvalue weighted by Gasteiger charge is 2.13. The molecule has 0 heterocycles. The number of unbranched alkanes of at least 4 members (excludes halogenated alkanes) is 2. The van der Waals surface area contributed by atoms with E-state index in [0.717, 1.165) is 19.3 Å². The summed E-state index contributed by atoms with van der Waals surface area (Å²) in [5.74, 6) is 0. The van der Waals surface area contributed by atoms with Crippen molar-refractivity contribution in [2.24, 2.45) is 0 Å². The van der Waals surface area contributed by atoms with E-state index in [4.69, 9.17) is 10.4 Å². The first-order valence-electron chi connectivity index (χ1n) is 5.72. The lowest BCUT2D eigenvalue weighted by Gasteiger charge is -2.07. The van der Waals surface area contributed by atoms with Crippen molar-refractivity contribution in [3.8, 4) is 6.07 Å². The molecule has 6 nitrogen and oxygen atoms in total. The van der Waals surface area contributed by atoms with Crippen LogP contribution < -0.4 is 5.32 Å². The summed E-state index contributed by atoms with van der Waals surface area (Å²) in [5.41, 5.74) is 0.720. The molecule has 18 heavy (non-hydrogen) atoms.